The number of hydrogen-bond donors (Lipinski definition) is 1. The second kappa shape index (κ2) is 11.2. The zero-order valence-electron chi connectivity index (χ0n) is 20.3. The Morgan fingerprint density at radius 2 is 1.84 bits per heavy atom. The fraction of sp³-hybridized carbons (Fsp3) is 0.107. The van der Waals surface area contributed by atoms with E-state index < -0.39 is 22.8 Å². The van der Waals surface area contributed by atoms with E-state index in [1.54, 1.807) is 54.6 Å². The fourth-order valence-corrected chi connectivity index (χ4v) is 4.53. The summed E-state index contributed by atoms with van der Waals surface area (Å²) in [6, 6.07) is 15.5. The molecular formula is C28H22BrN3O6. The Morgan fingerprint density at radius 1 is 1.11 bits per heavy atom. The lowest BCUT2D eigenvalue weighted by molar-refractivity contribution is -0.384. The van der Waals surface area contributed by atoms with Gasteiger partial charge in [-0.1, -0.05) is 35.9 Å². The van der Waals surface area contributed by atoms with Crippen LogP contribution in [-0.4, -0.2) is 22.8 Å². The van der Waals surface area contributed by atoms with Crippen LogP contribution in [0.5, 0.6) is 5.75 Å². The highest BCUT2D eigenvalue weighted by atomic mass is 79.9. The predicted octanol–water partition coefficient (Wildman–Crippen LogP) is 5.64. The van der Waals surface area contributed by atoms with Crippen LogP contribution in [0.25, 0.3) is 6.08 Å². The average molecular weight is 576 g/mol. The molecule has 0 aromatic heterocycles. The van der Waals surface area contributed by atoms with Crippen LogP contribution in [0.1, 0.15) is 22.3 Å². The van der Waals surface area contributed by atoms with Crippen molar-refractivity contribution in [2.24, 2.45) is 0 Å². The van der Waals surface area contributed by atoms with Gasteiger partial charge in [0.2, 0.25) is 0 Å². The third-order valence-electron chi connectivity index (χ3n) is 5.72. The van der Waals surface area contributed by atoms with Gasteiger partial charge in [0.1, 0.15) is 17.9 Å². The lowest BCUT2D eigenvalue weighted by Crippen LogP contribution is -2.54. The van der Waals surface area contributed by atoms with Gasteiger partial charge in [-0.15, -0.1) is 6.58 Å². The van der Waals surface area contributed by atoms with E-state index in [2.05, 4.69) is 27.8 Å². The summed E-state index contributed by atoms with van der Waals surface area (Å²) >= 11 is 3.49. The van der Waals surface area contributed by atoms with Gasteiger partial charge in [-0.2, -0.15) is 0 Å². The van der Waals surface area contributed by atoms with Crippen molar-refractivity contribution in [2.75, 3.05) is 4.90 Å². The Hall–Kier alpha value is -4.57. The summed E-state index contributed by atoms with van der Waals surface area (Å²) in [5, 5.41) is 13.3. The third kappa shape index (κ3) is 5.70. The number of allylic oxidation sites excluding steroid dienone is 1. The molecule has 1 N–H and O–H groups in total. The monoisotopic (exact) mass is 575 g/mol. The van der Waals surface area contributed by atoms with Crippen LogP contribution in [0, 0.1) is 17.0 Å². The molecule has 10 heteroatoms. The van der Waals surface area contributed by atoms with E-state index in [0.717, 1.165) is 10.5 Å². The Kier molecular flexibility index (Phi) is 7.82. The van der Waals surface area contributed by atoms with Crippen LogP contribution in [0.3, 0.4) is 0 Å². The number of anilines is 1. The molecule has 1 heterocycles. The van der Waals surface area contributed by atoms with E-state index in [1.807, 2.05) is 6.92 Å². The topological polar surface area (TPSA) is 119 Å². The van der Waals surface area contributed by atoms with Crippen molar-refractivity contribution in [3.63, 3.8) is 0 Å². The van der Waals surface area contributed by atoms with Crippen LogP contribution >= 0.6 is 15.9 Å². The number of halogens is 1. The number of carbonyl (C=O) groups excluding carboxylic acids is 3. The van der Waals surface area contributed by atoms with Crippen molar-refractivity contribution in [3.8, 4) is 5.75 Å². The van der Waals surface area contributed by atoms with Gasteiger partial charge >= 0.3 is 6.03 Å². The van der Waals surface area contributed by atoms with E-state index in [-0.39, 0.29) is 17.9 Å². The minimum atomic E-state index is -0.820. The predicted molar refractivity (Wildman–Crippen MR) is 146 cm³/mol. The second-order valence-corrected chi connectivity index (χ2v) is 9.35. The van der Waals surface area contributed by atoms with Gasteiger partial charge < -0.3 is 4.74 Å². The number of amides is 4. The Bertz CT molecular complexity index is 1500. The van der Waals surface area contributed by atoms with E-state index in [1.165, 1.54) is 18.2 Å². The zero-order valence-corrected chi connectivity index (χ0v) is 21.9. The van der Waals surface area contributed by atoms with Gasteiger partial charge in [0.15, 0.2) is 0 Å². The Labute approximate surface area is 226 Å². The highest BCUT2D eigenvalue weighted by Crippen LogP contribution is 2.34. The standard InChI is InChI=1S/C28H22BrN3O6/c1-3-5-20-12-19(15-24(29)25(20)38-16-18-6-4-7-22(13-18)32(36)37)14-23-26(33)30-28(35)31(27(23)34)21-10-8-17(2)9-11-21/h3-4,6-15H,1,5,16H2,2H3,(H,30,33,35)/b23-14+. The molecule has 0 saturated carbocycles. The Balaban J connectivity index is 1.65. The van der Waals surface area contributed by atoms with Crippen LogP contribution in [0.4, 0.5) is 16.2 Å². The fourth-order valence-electron chi connectivity index (χ4n) is 3.89. The first-order valence-electron chi connectivity index (χ1n) is 11.5. The van der Waals surface area contributed by atoms with Crippen molar-refractivity contribution >= 4 is 51.2 Å². The molecule has 0 unspecified atom stereocenters. The number of rotatable bonds is 8. The van der Waals surface area contributed by atoms with Crippen LogP contribution in [0.2, 0.25) is 0 Å². The molecule has 1 saturated heterocycles. The number of ether oxygens (including phenoxy) is 1. The number of hydrogen-bond acceptors (Lipinski definition) is 6. The number of aryl methyl sites for hydroxylation is 1. The number of nitro groups is 1. The molecule has 3 aromatic carbocycles. The number of urea groups is 1. The van der Waals surface area contributed by atoms with Crippen molar-refractivity contribution in [1.82, 2.24) is 5.32 Å². The summed E-state index contributed by atoms with van der Waals surface area (Å²) in [5.74, 6) is -1.04. The van der Waals surface area contributed by atoms with Crippen LogP contribution in [-0.2, 0) is 22.6 Å². The summed E-state index contributed by atoms with van der Waals surface area (Å²) < 4.78 is 6.54. The number of benzene rings is 3. The lowest BCUT2D eigenvalue weighted by Gasteiger charge is -2.26. The minimum absolute atomic E-state index is 0.0351. The molecule has 3 aromatic rings. The van der Waals surface area contributed by atoms with Gasteiger partial charge in [-0.3, -0.25) is 25.0 Å². The number of nitro benzene ring substituents is 1. The molecular weight excluding hydrogens is 554 g/mol. The molecule has 1 aliphatic rings. The first-order valence-corrected chi connectivity index (χ1v) is 12.2. The maximum Gasteiger partial charge on any atom is 0.335 e. The number of non-ortho nitro benzene ring substituents is 1. The summed E-state index contributed by atoms with van der Waals surface area (Å²) in [5.41, 5.74) is 2.91. The number of nitrogens with one attached hydrogen (secondary N) is 1. The van der Waals surface area contributed by atoms with Gasteiger partial charge in [-0.25, -0.2) is 9.69 Å². The molecule has 0 aliphatic carbocycles. The number of imide groups is 2. The van der Waals surface area contributed by atoms with E-state index in [9.17, 15) is 24.5 Å². The smallest absolute Gasteiger partial charge is 0.335 e. The molecule has 0 bridgehead atoms. The normalized spacial score (nSPS) is 14.4. The SMILES string of the molecule is C=CCc1cc(/C=C2\C(=O)NC(=O)N(c3ccc(C)cc3)C2=O)cc(Br)c1OCc1cccc([N+](=O)[O-])c1. The molecule has 0 spiro atoms. The third-order valence-corrected chi connectivity index (χ3v) is 6.31. The molecule has 4 amide bonds. The number of nitrogens with zero attached hydrogens (tertiary/aromatic N) is 2. The molecule has 192 valence electrons. The highest BCUT2D eigenvalue weighted by Gasteiger charge is 2.36. The summed E-state index contributed by atoms with van der Waals surface area (Å²) in [7, 11) is 0. The zero-order chi connectivity index (χ0) is 27.4. The van der Waals surface area contributed by atoms with E-state index in [0.29, 0.717) is 39.0 Å². The maximum atomic E-state index is 13.2. The number of carbonyl (C=O) groups is 3. The van der Waals surface area contributed by atoms with Crippen LogP contribution in [0.15, 0.2) is 83.4 Å². The second-order valence-electron chi connectivity index (χ2n) is 8.49. The summed E-state index contributed by atoms with van der Waals surface area (Å²) in [6.07, 6.45) is 3.50. The lowest BCUT2D eigenvalue weighted by atomic mass is 10.0. The van der Waals surface area contributed by atoms with Crippen molar-refractivity contribution in [2.45, 2.75) is 20.0 Å². The highest BCUT2D eigenvalue weighted by molar-refractivity contribution is 9.10. The van der Waals surface area contributed by atoms with Crippen molar-refractivity contribution in [1.29, 1.82) is 0 Å². The van der Waals surface area contributed by atoms with Gasteiger partial charge in [-0.05, 0) is 76.3 Å². The quantitative estimate of drug-likeness (QED) is 0.122. The maximum absolute atomic E-state index is 13.2. The first-order chi connectivity index (χ1) is 18.2. The average Bonchev–Trinajstić information content (AvgIpc) is 2.87. The first kappa shape index (κ1) is 26.5. The Morgan fingerprint density at radius 3 is 2.53 bits per heavy atom. The van der Waals surface area contributed by atoms with Crippen LogP contribution < -0.4 is 15.0 Å². The molecule has 38 heavy (non-hydrogen) atoms. The van der Waals surface area contributed by atoms with Gasteiger partial charge in [0.25, 0.3) is 17.5 Å². The molecule has 9 nitrogen and oxygen atoms in total. The number of barbiturate groups is 1. The molecule has 4 rings (SSSR count). The largest absolute Gasteiger partial charge is 0.487 e. The van der Waals surface area contributed by atoms with Crippen molar-refractivity contribution in [3.05, 3.63) is 116 Å². The molecule has 0 radical (unpaired) electrons. The van der Waals surface area contributed by atoms with Gasteiger partial charge in [0.05, 0.1) is 15.1 Å². The summed E-state index contributed by atoms with van der Waals surface area (Å²) in [4.78, 5) is 49.8. The van der Waals surface area contributed by atoms with Crippen molar-refractivity contribution < 1.29 is 24.0 Å². The van der Waals surface area contributed by atoms with E-state index >= 15 is 0 Å². The molecule has 0 atom stereocenters. The van der Waals surface area contributed by atoms with Gasteiger partial charge in [0, 0.05) is 12.1 Å². The summed E-state index contributed by atoms with van der Waals surface area (Å²) in [6.45, 7) is 5.74. The molecule has 1 aliphatic heterocycles. The van der Waals surface area contributed by atoms with E-state index in [4.69, 9.17) is 4.74 Å². The minimum Gasteiger partial charge on any atom is -0.487 e. The molecule has 1 fully saturated rings.